The van der Waals surface area contributed by atoms with Gasteiger partial charge in [0.2, 0.25) is 5.91 Å². The van der Waals surface area contributed by atoms with Crippen LogP contribution in [-0.2, 0) is 9.59 Å². The van der Waals surface area contributed by atoms with Crippen LogP contribution in [0.4, 0.5) is 4.79 Å². The number of aliphatic carboxylic acids is 1. The fraction of sp³-hybridized carbons (Fsp3) is 0.667. The molecule has 1 unspecified atom stereocenters. The van der Waals surface area contributed by atoms with E-state index in [4.69, 9.17) is 10.8 Å². The van der Waals surface area contributed by atoms with Crippen LogP contribution < -0.4 is 11.1 Å². The van der Waals surface area contributed by atoms with E-state index < -0.39 is 23.9 Å². The molecule has 0 spiro atoms. The number of nitrogens with two attached hydrogens (primary N) is 1. The van der Waals surface area contributed by atoms with Crippen LogP contribution in [0.1, 0.15) is 19.8 Å². The van der Waals surface area contributed by atoms with E-state index in [1.807, 2.05) is 0 Å². The van der Waals surface area contributed by atoms with Crippen molar-refractivity contribution in [1.29, 1.82) is 0 Å². The van der Waals surface area contributed by atoms with Crippen molar-refractivity contribution in [3.63, 3.8) is 0 Å². The number of hydrogen-bond acceptors (Lipinski definition) is 3. The first-order valence-electron chi connectivity index (χ1n) is 5.00. The Labute approximate surface area is 92.6 Å². The molecule has 1 aliphatic carbocycles. The Kier molecular flexibility index (Phi) is 3.70. The zero-order chi connectivity index (χ0) is 12.3. The van der Waals surface area contributed by atoms with Crippen LogP contribution in [0.5, 0.6) is 0 Å². The van der Waals surface area contributed by atoms with Crippen molar-refractivity contribution in [2.75, 3.05) is 6.54 Å². The van der Waals surface area contributed by atoms with Crippen LogP contribution in [0.15, 0.2) is 0 Å². The lowest BCUT2D eigenvalue weighted by Gasteiger charge is -2.22. The molecule has 1 rings (SSSR count). The summed E-state index contributed by atoms with van der Waals surface area (Å²) in [5.74, 6) is -1.73. The first kappa shape index (κ1) is 12.3. The number of rotatable bonds is 5. The van der Waals surface area contributed by atoms with Gasteiger partial charge in [-0.3, -0.25) is 9.59 Å². The summed E-state index contributed by atoms with van der Waals surface area (Å²) < 4.78 is 0. The van der Waals surface area contributed by atoms with Gasteiger partial charge in [-0.05, 0) is 19.8 Å². The third-order valence-corrected chi connectivity index (χ3v) is 2.32. The smallest absolute Gasteiger partial charge is 0.323 e. The number of carbonyl (C=O) groups excluding carboxylic acids is 2. The number of amides is 3. The molecular formula is C9H15N3O4. The molecule has 0 aromatic carbocycles. The standard InChI is InChI=1S/C9H15N3O4/c1-5(8(10)15)11-9(16)12(4-7(13)14)6-2-3-6/h5-6H,2-4H2,1H3,(H2,10,15)(H,11,16)(H,13,14). The van der Waals surface area contributed by atoms with E-state index >= 15 is 0 Å². The largest absolute Gasteiger partial charge is 0.480 e. The second-order valence-electron chi connectivity index (χ2n) is 3.83. The van der Waals surface area contributed by atoms with Crippen molar-refractivity contribution in [2.45, 2.75) is 31.8 Å². The van der Waals surface area contributed by atoms with Crippen molar-refractivity contribution < 1.29 is 19.5 Å². The molecule has 0 aliphatic heterocycles. The molecule has 16 heavy (non-hydrogen) atoms. The zero-order valence-corrected chi connectivity index (χ0v) is 8.97. The minimum Gasteiger partial charge on any atom is -0.480 e. The van der Waals surface area contributed by atoms with E-state index in [1.165, 1.54) is 11.8 Å². The van der Waals surface area contributed by atoms with Gasteiger partial charge in [0.1, 0.15) is 12.6 Å². The summed E-state index contributed by atoms with van der Waals surface area (Å²) in [5.41, 5.74) is 4.99. The Bertz CT molecular complexity index is 314. The Balaban J connectivity index is 2.53. The number of primary amides is 1. The number of nitrogens with one attached hydrogen (secondary N) is 1. The summed E-state index contributed by atoms with van der Waals surface area (Å²) in [6.07, 6.45) is 1.59. The van der Waals surface area contributed by atoms with Crippen molar-refractivity contribution in [2.24, 2.45) is 5.73 Å². The highest BCUT2D eigenvalue weighted by Gasteiger charge is 2.34. The minimum atomic E-state index is -1.08. The third kappa shape index (κ3) is 3.41. The molecule has 0 aromatic heterocycles. The number of hydrogen-bond donors (Lipinski definition) is 3. The van der Waals surface area contributed by atoms with Crippen molar-refractivity contribution >= 4 is 17.9 Å². The molecule has 1 fully saturated rings. The lowest BCUT2D eigenvalue weighted by molar-refractivity contribution is -0.137. The lowest BCUT2D eigenvalue weighted by Crippen LogP contribution is -2.50. The summed E-state index contributed by atoms with van der Waals surface area (Å²) in [5, 5.41) is 11.0. The fourth-order valence-corrected chi connectivity index (χ4v) is 1.24. The van der Waals surface area contributed by atoms with Gasteiger partial charge in [-0.1, -0.05) is 0 Å². The van der Waals surface area contributed by atoms with E-state index in [0.29, 0.717) is 0 Å². The highest BCUT2D eigenvalue weighted by atomic mass is 16.4. The van der Waals surface area contributed by atoms with E-state index in [2.05, 4.69) is 5.32 Å². The fourth-order valence-electron chi connectivity index (χ4n) is 1.24. The second kappa shape index (κ2) is 4.82. The molecule has 7 nitrogen and oxygen atoms in total. The van der Waals surface area contributed by atoms with Crippen molar-refractivity contribution in [3.05, 3.63) is 0 Å². The molecule has 0 radical (unpaired) electrons. The van der Waals surface area contributed by atoms with Gasteiger partial charge in [0.25, 0.3) is 0 Å². The van der Waals surface area contributed by atoms with Gasteiger partial charge in [-0.25, -0.2) is 4.79 Å². The highest BCUT2D eigenvalue weighted by molar-refractivity contribution is 5.87. The Hall–Kier alpha value is -1.79. The van der Waals surface area contributed by atoms with Gasteiger partial charge < -0.3 is 21.1 Å². The Morgan fingerprint density at radius 2 is 2.06 bits per heavy atom. The van der Waals surface area contributed by atoms with Gasteiger partial charge in [0, 0.05) is 6.04 Å². The van der Waals surface area contributed by atoms with Gasteiger partial charge in [-0.2, -0.15) is 0 Å². The van der Waals surface area contributed by atoms with Gasteiger partial charge >= 0.3 is 12.0 Å². The Morgan fingerprint density at radius 1 is 1.50 bits per heavy atom. The first-order chi connectivity index (χ1) is 7.41. The zero-order valence-electron chi connectivity index (χ0n) is 8.97. The topological polar surface area (TPSA) is 113 Å². The van der Waals surface area contributed by atoms with Crippen LogP contribution in [0, 0.1) is 0 Å². The molecule has 1 aliphatic rings. The normalized spacial score (nSPS) is 16.3. The molecule has 90 valence electrons. The molecular weight excluding hydrogens is 214 g/mol. The molecule has 7 heteroatoms. The maximum atomic E-state index is 11.6. The summed E-state index contributed by atoms with van der Waals surface area (Å²) in [6, 6.07) is -1.39. The maximum Gasteiger partial charge on any atom is 0.323 e. The van der Waals surface area contributed by atoms with Crippen LogP contribution >= 0.6 is 0 Å². The number of carboxylic acids is 1. The van der Waals surface area contributed by atoms with Gasteiger partial charge in [-0.15, -0.1) is 0 Å². The number of nitrogens with zero attached hydrogens (tertiary/aromatic N) is 1. The quantitative estimate of drug-likeness (QED) is 0.568. The number of carbonyl (C=O) groups is 3. The van der Waals surface area contributed by atoms with Crippen molar-refractivity contribution in [3.8, 4) is 0 Å². The van der Waals surface area contributed by atoms with Crippen LogP contribution in [0.25, 0.3) is 0 Å². The summed E-state index contributed by atoms with van der Waals surface area (Å²) in [6.45, 7) is 1.09. The van der Waals surface area contributed by atoms with E-state index in [1.54, 1.807) is 0 Å². The number of carboxylic acid groups (broad SMARTS) is 1. The van der Waals surface area contributed by atoms with Crippen LogP contribution in [0.2, 0.25) is 0 Å². The monoisotopic (exact) mass is 229 g/mol. The van der Waals surface area contributed by atoms with Gasteiger partial charge in [0.05, 0.1) is 0 Å². The Morgan fingerprint density at radius 3 is 2.44 bits per heavy atom. The maximum absolute atomic E-state index is 11.6. The van der Waals surface area contributed by atoms with E-state index in [-0.39, 0.29) is 12.6 Å². The highest BCUT2D eigenvalue weighted by Crippen LogP contribution is 2.26. The van der Waals surface area contributed by atoms with Gasteiger partial charge in [0.15, 0.2) is 0 Å². The second-order valence-corrected chi connectivity index (χ2v) is 3.83. The molecule has 0 aromatic rings. The SMILES string of the molecule is CC(NC(=O)N(CC(=O)O)C1CC1)C(N)=O. The molecule has 0 bridgehead atoms. The molecule has 0 saturated heterocycles. The summed E-state index contributed by atoms with van der Waals surface area (Å²) in [7, 11) is 0. The summed E-state index contributed by atoms with van der Waals surface area (Å²) in [4.78, 5) is 34.1. The molecule has 4 N–H and O–H groups in total. The molecule has 1 saturated carbocycles. The third-order valence-electron chi connectivity index (χ3n) is 2.32. The van der Waals surface area contributed by atoms with E-state index in [9.17, 15) is 14.4 Å². The van der Waals surface area contributed by atoms with Crippen LogP contribution in [-0.4, -0.2) is 46.5 Å². The molecule has 0 heterocycles. The molecule has 1 atom stereocenters. The predicted molar refractivity (Wildman–Crippen MR) is 54.6 cm³/mol. The average molecular weight is 229 g/mol. The van der Waals surface area contributed by atoms with E-state index in [0.717, 1.165) is 12.8 Å². The number of urea groups is 1. The van der Waals surface area contributed by atoms with Crippen molar-refractivity contribution in [1.82, 2.24) is 10.2 Å². The average Bonchev–Trinajstić information content (AvgIpc) is 2.96. The minimum absolute atomic E-state index is 0.0313. The lowest BCUT2D eigenvalue weighted by atomic mass is 10.3. The predicted octanol–water partition coefficient (Wildman–Crippen LogP) is -0.881. The first-order valence-corrected chi connectivity index (χ1v) is 5.00. The molecule has 3 amide bonds. The summed E-state index contributed by atoms with van der Waals surface area (Å²) >= 11 is 0. The van der Waals surface area contributed by atoms with Crippen LogP contribution in [0.3, 0.4) is 0 Å².